The maximum absolute atomic E-state index is 13.2. The van der Waals surface area contributed by atoms with Gasteiger partial charge >= 0.3 is 5.97 Å². The number of carbonyl (C=O) groups is 3. The third kappa shape index (κ3) is 2.26. The molecule has 0 saturated heterocycles. The summed E-state index contributed by atoms with van der Waals surface area (Å²) in [5, 5.41) is 10.1. The molecule has 0 amide bonds. The molecule has 6 rings (SSSR count). The molecule has 162 valence electrons. The molecule has 6 unspecified atom stereocenters. The van der Waals surface area contributed by atoms with Gasteiger partial charge in [-0.25, -0.2) is 0 Å². The van der Waals surface area contributed by atoms with E-state index < -0.39 is 11.4 Å². The van der Waals surface area contributed by atoms with Crippen molar-refractivity contribution < 1.29 is 19.5 Å². The average Bonchev–Trinajstić information content (AvgIpc) is 2.69. The average molecular weight is 411 g/mol. The molecule has 8 atom stereocenters. The van der Waals surface area contributed by atoms with Crippen molar-refractivity contribution in [2.24, 2.45) is 51.8 Å². The molecule has 1 N–H and O–H groups in total. The fraction of sp³-hybridized carbons (Fsp3) is 0.731. The monoisotopic (exact) mass is 410 g/mol. The minimum atomic E-state index is -0.693. The smallest absolute Gasteiger partial charge is 0.309 e. The van der Waals surface area contributed by atoms with Crippen molar-refractivity contribution in [1.29, 1.82) is 0 Å². The van der Waals surface area contributed by atoms with E-state index in [1.807, 2.05) is 6.92 Å². The number of carboxylic acid groups (broad SMARTS) is 1. The van der Waals surface area contributed by atoms with Crippen LogP contribution < -0.4 is 0 Å². The van der Waals surface area contributed by atoms with E-state index in [2.05, 4.69) is 26.8 Å². The predicted molar refractivity (Wildman–Crippen MR) is 114 cm³/mol. The first-order valence-electron chi connectivity index (χ1n) is 11.8. The van der Waals surface area contributed by atoms with Crippen molar-refractivity contribution in [1.82, 2.24) is 0 Å². The van der Waals surface area contributed by atoms with Gasteiger partial charge in [-0.3, -0.25) is 14.4 Å². The second kappa shape index (κ2) is 6.17. The molecule has 0 aromatic heterocycles. The van der Waals surface area contributed by atoms with Crippen molar-refractivity contribution in [3.05, 3.63) is 23.8 Å². The summed E-state index contributed by atoms with van der Waals surface area (Å²) in [6, 6.07) is 0. The molecular formula is C26H34O4. The van der Waals surface area contributed by atoms with Gasteiger partial charge in [0.1, 0.15) is 0 Å². The van der Waals surface area contributed by atoms with Crippen molar-refractivity contribution in [2.75, 3.05) is 0 Å². The number of allylic oxidation sites excluding steroid dienone is 4. The molecule has 3 fully saturated rings. The minimum absolute atomic E-state index is 0.101. The highest BCUT2D eigenvalue weighted by Gasteiger charge is 2.70. The molecule has 3 saturated carbocycles. The molecule has 6 aliphatic rings. The number of fused-ring (bicyclic) bond motifs is 1. The Morgan fingerprint density at radius 3 is 2.43 bits per heavy atom. The Balaban J connectivity index is 1.68. The van der Waals surface area contributed by atoms with E-state index in [1.54, 1.807) is 0 Å². The lowest BCUT2D eigenvalue weighted by Gasteiger charge is -2.69. The van der Waals surface area contributed by atoms with E-state index in [4.69, 9.17) is 0 Å². The van der Waals surface area contributed by atoms with Crippen LogP contribution in [0.3, 0.4) is 0 Å². The molecule has 0 aromatic carbocycles. The summed E-state index contributed by atoms with van der Waals surface area (Å²) in [5.74, 6) is 0.00398. The van der Waals surface area contributed by atoms with E-state index in [0.29, 0.717) is 5.92 Å². The normalized spacial score (nSPS) is 49.4. The van der Waals surface area contributed by atoms with E-state index in [9.17, 15) is 19.5 Å². The van der Waals surface area contributed by atoms with Crippen LogP contribution in [-0.4, -0.2) is 22.6 Å². The van der Waals surface area contributed by atoms with Crippen LogP contribution in [0.1, 0.15) is 66.2 Å². The van der Waals surface area contributed by atoms with Gasteiger partial charge in [0.2, 0.25) is 0 Å². The summed E-state index contributed by atoms with van der Waals surface area (Å²) >= 11 is 0. The fourth-order valence-electron chi connectivity index (χ4n) is 9.05. The number of hydrogen-bond acceptors (Lipinski definition) is 3. The fourth-order valence-corrected chi connectivity index (χ4v) is 9.05. The zero-order valence-corrected chi connectivity index (χ0v) is 18.6. The van der Waals surface area contributed by atoms with Gasteiger partial charge in [0.25, 0.3) is 0 Å². The van der Waals surface area contributed by atoms with E-state index in [1.165, 1.54) is 17.7 Å². The van der Waals surface area contributed by atoms with Crippen molar-refractivity contribution >= 4 is 17.5 Å². The quantitative estimate of drug-likeness (QED) is 0.662. The molecule has 0 heterocycles. The van der Waals surface area contributed by atoms with Crippen LogP contribution in [0, 0.1) is 51.8 Å². The molecule has 0 radical (unpaired) electrons. The lowest BCUT2D eigenvalue weighted by atomic mass is 9.33. The summed E-state index contributed by atoms with van der Waals surface area (Å²) in [6.07, 6.45) is 10.8. The van der Waals surface area contributed by atoms with Crippen molar-refractivity contribution in [3.63, 3.8) is 0 Å². The van der Waals surface area contributed by atoms with Crippen LogP contribution in [0.4, 0.5) is 0 Å². The van der Waals surface area contributed by atoms with E-state index in [0.717, 1.165) is 38.5 Å². The standard InChI is InChI=1S/C26H34O4/c1-14(2)16-13-26-11-8-19-24(3,9-5-10-25(19,4)23(29)30)20(26)12-15(16)21-17(27)6-7-18(28)22(21)26/h6-7,13-15,19-22H,5,8-12H2,1-4H3,(H,29,30)/t15?,19?,20?,21?,22?,24-,25+,26?/m0/s1. The molecule has 0 aliphatic heterocycles. The maximum Gasteiger partial charge on any atom is 0.309 e. The van der Waals surface area contributed by atoms with Crippen LogP contribution in [0.2, 0.25) is 0 Å². The molecule has 1 spiro atoms. The first-order valence-corrected chi connectivity index (χ1v) is 11.8. The molecule has 0 aromatic rings. The first-order chi connectivity index (χ1) is 14.1. The second-order valence-electron chi connectivity index (χ2n) is 11.6. The van der Waals surface area contributed by atoms with Gasteiger partial charge in [-0.05, 0) is 80.3 Å². The van der Waals surface area contributed by atoms with Crippen molar-refractivity contribution in [2.45, 2.75) is 66.2 Å². The summed E-state index contributed by atoms with van der Waals surface area (Å²) in [4.78, 5) is 38.6. The number of ketones is 2. The third-order valence-corrected chi connectivity index (χ3v) is 10.2. The van der Waals surface area contributed by atoms with Crippen LogP contribution >= 0.6 is 0 Å². The van der Waals surface area contributed by atoms with Crippen LogP contribution in [0.25, 0.3) is 0 Å². The predicted octanol–water partition coefficient (Wildman–Crippen LogP) is 4.84. The van der Waals surface area contributed by atoms with E-state index in [-0.39, 0.29) is 52.0 Å². The topological polar surface area (TPSA) is 71.4 Å². The Morgan fingerprint density at radius 1 is 1.07 bits per heavy atom. The maximum atomic E-state index is 13.2. The van der Waals surface area contributed by atoms with Gasteiger partial charge in [-0.15, -0.1) is 0 Å². The third-order valence-electron chi connectivity index (χ3n) is 10.2. The molecule has 2 bridgehead atoms. The highest BCUT2D eigenvalue weighted by atomic mass is 16.4. The Kier molecular flexibility index (Phi) is 4.16. The molecule has 30 heavy (non-hydrogen) atoms. The lowest BCUT2D eigenvalue weighted by molar-refractivity contribution is -0.197. The second-order valence-corrected chi connectivity index (χ2v) is 11.6. The van der Waals surface area contributed by atoms with Crippen molar-refractivity contribution in [3.8, 4) is 0 Å². The summed E-state index contributed by atoms with van der Waals surface area (Å²) in [5.41, 5.74) is 0.277. The molecule has 6 aliphatic carbocycles. The zero-order chi connectivity index (χ0) is 21.6. The Hall–Kier alpha value is -1.71. The molecular weight excluding hydrogens is 376 g/mol. The van der Waals surface area contributed by atoms with E-state index >= 15 is 0 Å². The van der Waals surface area contributed by atoms with Gasteiger partial charge < -0.3 is 5.11 Å². The molecule has 4 nitrogen and oxygen atoms in total. The van der Waals surface area contributed by atoms with Gasteiger partial charge in [0, 0.05) is 17.3 Å². The van der Waals surface area contributed by atoms with Gasteiger partial charge in [-0.1, -0.05) is 38.8 Å². The zero-order valence-electron chi connectivity index (χ0n) is 18.6. The van der Waals surface area contributed by atoms with Gasteiger partial charge in [-0.2, -0.15) is 0 Å². The Bertz CT molecular complexity index is 897. The first kappa shape index (κ1) is 20.2. The largest absolute Gasteiger partial charge is 0.481 e. The van der Waals surface area contributed by atoms with Crippen LogP contribution in [-0.2, 0) is 14.4 Å². The number of rotatable bonds is 2. The summed E-state index contributed by atoms with van der Waals surface area (Å²) in [7, 11) is 0. The summed E-state index contributed by atoms with van der Waals surface area (Å²) in [6.45, 7) is 8.67. The Morgan fingerprint density at radius 2 is 1.77 bits per heavy atom. The minimum Gasteiger partial charge on any atom is -0.481 e. The number of hydrogen-bond donors (Lipinski definition) is 1. The van der Waals surface area contributed by atoms with Crippen LogP contribution in [0.15, 0.2) is 23.8 Å². The van der Waals surface area contributed by atoms with Gasteiger partial charge in [0.05, 0.1) is 5.41 Å². The SMILES string of the molecule is CC(C)C1=CC23CCC4[C@](C)(CCC[C@@]4(C)C(=O)O)C2CC1C1C(=O)C=CC(=O)C13. The highest BCUT2D eigenvalue weighted by molar-refractivity contribution is 6.08. The number of carbonyl (C=O) groups excluding carboxylic acids is 2. The highest BCUT2D eigenvalue weighted by Crippen LogP contribution is 2.73. The number of aliphatic carboxylic acids is 1. The number of carboxylic acids is 1. The summed E-state index contributed by atoms with van der Waals surface area (Å²) < 4.78 is 0. The van der Waals surface area contributed by atoms with Gasteiger partial charge in [0.15, 0.2) is 11.6 Å². The Labute approximate surface area is 179 Å². The molecule has 4 heteroatoms. The van der Waals surface area contributed by atoms with Crippen LogP contribution in [0.5, 0.6) is 0 Å². The lowest BCUT2D eigenvalue weighted by Crippen LogP contribution is -2.66.